The number of aliphatic hydroxyl groups is 1. The molecule has 0 aromatic heterocycles. The highest BCUT2D eigenvalue weighted by atomic mass is 35.5. The predicted octanol–water partition coefficient (Wildman–Crippen LogP) is 6.07. The molecule has 0 aliphatic heterocycles. The maximum atomic E-state index is 13.2. The number of carbonyl (C=O) groups is 1. The fourth-order valence-corrected chi connectivity index (χ4v) is 4.27. The molecule has 2 rings (SSSR count). The molecule has 0 bridgehead atoms. The van der Waals surface area contributed by atoms with Crippen LogP contribution in [0.1, 0.15) is 44.7 Å². The number of amides is 1. The van der Waals surface area contributed by atoms with Crippen molar-refractivity contribution in [2.45, 2.75) is 51.4 Å². The van der Waals surface area contributed by atoms with Gasteiger partial charge in [-0.05, 0) is 69.0 Å². The molecule has 37 heavy (non-hydrogen) atoms. The topological polar surface area (TPSA) is 86.7 Å². The van der Waals surface area contributed by atoms with Gasteiger partial charge in [-0.25, -0.2) is 4.79 Å². The van der Waals surface area contributed by atoms with Crippen molar-refractivity contribution in [3.63, 3.8) is 0 Å². The number of halogens is 2. The summed E-state index contributed by atoms with van der Waals surface area (Å²) in [6, 6.07) is 8.79. The molecule has 0 aliphatic rings. The van der Waals surface area contributed by atoms with Crippen molar-refractivity contribution >= 4 is 29.3 Å². The van der Waals surface area contributed by atoms with Crippen LogP contribution in [-0.2, 0) is 21.6 Å². The van der Waals surface area contributed by atoms with Crippen molar-refractivity contribution in [2.24, 2.45) is 0 Å². The average Bonchev–Trinajstić information content (AvgIpc) is 2.85. The van der Waals surface area contributed by atoms with E-state index in [1.54, 1.807) is 72.4 Å². The first-order valence-corrected chi connectivity index (χ1v) is 12.6. The number of rotatable bonds is 12. The summed E-state index contributed by atoms with van der Waals surface area (Å²) in [6.07, 6.45) is 0.251. The van der Waals surface area contributed by atoms with Crippen LogP contribution in [0.3, 0.4) is 0 Å². The van der Waals surface area contributed by atoms with E-state index < -0.39 is 17.2 Å². The zero-order valence-corrected chi connectivity index (χ0v) is 24.0. The first-order chi connectivity index (χ1) is 17.4. The highest BCUT2D eigenvalue weighted by molar-refractivity contribution is 6.42. The van der Waals surface area contributed by atoms with Crippen molar-refractivity contribution in [2.75, 3.05) is 41.6 Å². The molecule has 206 valence electrons. The Kier molecular flexibility index (Phi) is 11.2. The third-order valence-corrected chi connectivity index (χ3v) is 6.59. The summed E-state index contributed by atoms with van der Waals surface area (Å²) in [6.45, 7) is 5.59. The van der Waals surface area contributed by atoms with Crippen LogP contribution < -0.4 is 14.2 Å². The van der Waals surface area contributed by atoms with E-state index >= 15 is 0 Å². The van der Waals surface area contributed by atoms with Crippen LogP contribution in [0.4, 0.5) is 4.79 Å². The molecule has 0 spiro atoms. The van der Waals surface area contributed by atoms with Crippen LogP contribution in [-0.4, -0.2) is 63.3 Å². The van der Waals surface area contributed by atoms with Gasteiger partial charge in [0.25, 0.3) is 0 Å². The van der Waals surface area contributed by atoms with Gasteiger partial charge in [-0.3, -0.25) is 4.90 Å². The van der Waals surface area contributed by atoms with E-state index in [1.807, 2.05) is 0 Å². The lowest BCUT2D eigenvalue weighted by Gasteiger charge is -2.42. The molecule has 8 nitrogen and oxygen atoms in total. The number of benzene rings is 2. The number of hydrogen-bond donors (Lipinski definition) is 1. The van der Waals surface area contributed by atoms with E-state index in [9.17, 15) is 9.90 Å². The Morgan fingerprint density at radius 1 is 0.973 bits per heavy atom. The normalized spacial score (nSPS) is 13.0. The van der Waals surface area contributed by atoms with Gasteiger partial charge in [0.15, 0.2) is 11.5 Å². The van der Waals surface area contributed by atoms with Crippen molar-refractivity contribution in [1.29, 1.82) is 0 Å². The van der Waals surface area contributed by atoms with E-state index in [1.165, 1.54) is 12.0 Å². The van der Waals surface area contributed by atoms with E-state index in [-0.39, 0.29) is 19.8 Å². The van der Waals surface area contributed by atoms with Gasteiger partial charge >= 0.3 is 6.09 Å². The van der Waals surface area contributed by atoms with Crippen molar-refractivity contribution in [3.05, 3.63) is 51.5 Å². The molecule has 1 amide bonds. The number of ether oxygens (including phenoxy) is 5. The molecule has 0 radical (unpaired) electrons. The molecule has 0 aliphatic carbocycles. The van der Waals surface area contributed by atoms with Gasteiger partial charge in [-0.15, -0.1) is 0 Å². The van der Waals surface area contributed by atoms with Crippen LogP contribution >= 0.6 is 23.2 Å². The molecule has 1 atom stereocenters. The van der Waals surface area contributed by atoms with Crippen molar-refractivity contribution < 1.29 is 33.6 Å². The van der Waals surface area contributed by atoms with Crippen LogP contribution in [0.15, 0.2) is 30.3 Å². The minimum absolute atomic E-state index is 0.0713. The summed E-state index contributed by atoms with van der Waals surface area (Å²) in [5, 5.41) is 10.4. The minimum atomic E-state index is -1.01. The lowest BCUT2D eigenvalue weighted by molar-refractivity contribution is -0.0360. The number of nitrogens with zero attached hydrogens (tertiary/aromatic N) is 1. The Morgan fingerprint density at radius 2 is 1.59 bits per heavy atom. The molecule has 1 N–H and O–H groups in total. The van der Waals surface area contributed by atoms with E-state index in [4.69, 9.17) is 46.9 Å². The Labute approximate surface area is 229 Å². The predicted molar refractivity (Wildman–Crippen MR) is 144 cm³/mol. The molecule has 0 heterocycles. The standard InChI is InChI=1S/C27H37Cl2NO7/c1-26(2,3)37-25(32)30(4)27(11-8-12-31,19-9-10-20(28)21(29)15-19)17-36-16-18-13-22(33-5)24(35-7)23(14-18)34-6/h9-10,13-15,31H,8,11-12,16-17H2,1-7H3/t27-/m1/s1. The van der Waals surface area contributed by atoms with E-state index in [2.05, 4.69) is 0 Å². The highest BCUT2D eigenvalue weighted by Crippen LogP contribution is 2.40. The van der Waals surface area contributed by atoms with Gasteiger partial charge in [0.1, 0.15) is 5.60 Å². The lowest BCUT2D eigenvalue weighted by atomic mass is 9.84. The Morgan fingerprint density at radius 3 is 2.08 bits per heavy atom. The second-order valence-electron chi connectivity index (χ2n) is 9.55. The molecule has 0 saturated carbocycles. The van der Waals surface area contributed by atoms with Crippen LogP contribution in [0, 0.1) is 0 Å². The van der Waals surface area contributed by atoms with Gasteiger partial charge < -0.3 is 28.8 Å². The minimum Gasteiger partial charge on any atom is -0.493 e. The third kappa shape index (κ3) is 7.80. The summed E-state index contributed by atoms with van der Waals surface area (Å²) >= 11 is 12.6. The molecule has 2 aromatic carbocycles. The molecule has 0 unspecified atom stereocenters. The molecule has 2 aromatic rings. The fraction of sp³-hybridized carbons (Fsp3) is 0.519. The molecular weight excluding hydrogens is 521 g/mol. The van der Waals surface area contributed by atoms with E-state index in [0.29, 0.717) is 45.7 Å². The first-order valence-electron chi connectivity index (χ1n) is 11.8. The van der Waals surface area contributed by atoms with Crippen molar-refractivity contribution in [3.8, 4) is 17.2 Å². The van der Waals surface area contributed by atoms with Gasteiger partial charge in [-0.1, -0.05) is 29.3 Å². The van der Waals surface area contributed by atoms with Gasteiger partial charge in [0.05, 0.1) is 50.1 Å². The monoisotopic (exact) mass is 557 g/mol. The van der Waals surface area contributed by atoms with Gasteiger partial charge in [-0.2, -0.15) is 0 Å². The van der Waals surface area contributed by atoms with Crippen LogP contribution in [0.5, 0.6) is 17.2 Å². The second-order valence-corrected chi connectivity index (χ2v) is 10.4. The lowest BCUT2D eigenvalue weighted by Crippen LogP contribution is -2.52. The zero-order chi connectivity index (χ0) is 27.8. The largest absolute Gasteiger partial charge is 0.493 e. The quantitative estimate of drug-likeness (QED) is 0.338. The number of hydrogen-bond acceptors (Lipinski definition) is 7. The third-order valence-electron chi connectivity index (χ3n) is 5.85. The maximum absolute atomic E-state index is 13.2. The van der Waals surface area contributed by atoms with Crippen LogP contribution in [0.25, 0.3) is 0 Å². The fourth-order valence-electron chi connectivity index (χ4n) is 3.98. The first kappa shape index (κ1) is 30.8. The van der Waals surface area contributed by atoms with E-state index in [0.717, 1.165) is 5.56 Å². The summed E-state index contributed by atoms with van der Waals surface area (Å²) in [4.78, 5) is 14.7. The second kappa shape index (κ2) is 13.4. The Bertz CT molecular complexity index is 1030. The summed E-state index contributed by atoms with van der Waals surface area (Å²) in [7, 11) is 6.27. The number of carbonyl (C=O) groups excluding carboxylic acids is 1. The molecule has 0 fully saturated rings. The maximum Gasteiger partial charge on any atom is 0.410 e. The Balaban J connectivity index is 2.48. The van der Waals surface area contributed by atoms with Gasteiger partial charge in [0, 0.05) is 13.7 Å². The summed E-state index contributed by atoms with van der Waals surface area (Å²) < 4.78 is 28.2. The SMILES string of the molecule is COc1cc(COC[C@](CCCO)(c2ccc(Cl)c(Cl)c2)N(C)C(=O)OC(C)(C)C)cc(OC)c1OC. The number of aliphatic hydroxyl groups excluding tert-OH is 1. The Hall–Kier alpha value is -2.39. The average molecular weight is 558 g/mol. The highest BCUT2D eigenvalue weighted by Gasteiger charge is 2.41. The zero-order valence-electron chi connectivity index (χ0n) is 22.5. The molecule has 10 heteroatoms. The number of methoxy groups -OCH3 is 3. The summed E-state index contributed by atoms with van der Waals surface area (Å²) in [5.74, 6) is 1.48. The molecular formula is C27H37Cl2NO7. The summed E-state index contributed by atoms with van der Waals surface area (Å²) in [5.41, 5.74) is -0.240. The van der Waals surface area contributed by atoms with Crippen LogP contribution in [0.2, 0.25) is 10.0 Å². The number of likely N-dealkylation sites (N-methyl/N-ethyl adjacent to an activating group) is 1. The van der Waals surface area contributed by atoms with Crippen molar-refractivity contribution in [1.82, 2.24) is 4.90 Å². The molecule has 0 saturated heterocycles. The van der Waals surface area contributed by atoms with Gasteiger partial charge in [0.2, 0.25) is 5.75 Å². The smallest absolute Gasteiger partial charge is 0.410 e.